The normalized spacial score (nSPS) is 10.1. The summed E-state index contributed by atoms with van der Waals surface area (Å²) in [4.78, 5) is 29.6. The summed E-state index contributed by atoms with van der Waals surface area (Å²) in [6.07, 6.45) is 3.98. The number of likely N-dealkylation sites (N-methyl/N-ethyl adjacent to an activating group) is 1. The van der Waals surface area contributed by atoms with E-state index in [1.807, 2.05) is 12.1 Å². The Morgan fingerprint density at radius 1 is 1.21 bits per heavy atom. The van der Waals surface area contributed by atoms with Gasteiger partial charge in [0.05, 0.1) is 7.11 Å². The molecule has 0 aliphatic rings. The van der Waals surface area contributed by atoms with Crippen molar-refractivity contribution in [1.82, 2.24) is 9.88 Å². The van der Waals surface area contributed by atoms with E-state index >= 15 is 0 Å². The van der Waals surface area contributed by atoms with Gasteiger partial charge in [-0.1, -0.05) is 6.07 Å². The van der Waals surface area contributed by atoms with Gasteiger partial charge in [0, 0.05) is 37.7 Å². The van der Waals surface area contributed by atoms with Gasteiger partial charge in [-0.05, 0) is 36.2 Å². The Morgan fingerprint density at radius 3 is 2.67 bits per heavy atom. The van der Waals surface area contributed by atoms with E-state index in [0.717, 1.165) is 12.0 Å². The number of methoxy groups -OCH3 is 1. The third-order valence-corrected chi connectivity index (χ3v) is 3.58. The molecule has 126 valence electrons. The van der Waals surface area contributed by atoms with Gasteiger partial charge in [0.25, 0.3) is 0 Å². The Kier molecular flexibility index (Phi) is 6.31. The van der Waals surface area contributed by atoms with Gasteiger partial charge < -0.3 is 15.0 Å². The Labute approximate surface area is 141 Å². The largest absolute Gasteiger partial charge is 0.497 e. The number of pyridine rings is 1. The highest BCUT2D eigenvalue weighted by atomic mass is 16.5. The molecular formula is C18H21N3O3. The summed E-state index contributed by atoms with van der Waals surface area (Å²) in [7, 11) is 3.25. The molecular weight excluding hydrogens is 306 g/mol. The lowest BCUT2D eigenvalue weighted by molar-refractivity contribution is -0.133. The van der Waals surface area contributed by atoms with E-state index in [2.05, 4.69) is 10.3 Å². The number of carbonyl (C=O) groups excluding carboxylic acids is 2. The standard InChI is InChI=1S/C18H21N3O3/c1-21(11-8-14-6-9-19-10-7-14)18(23)13-17(22)20-15-4-3-5-16(12-15)24-2/h3-7,9-10,12H,8,11,13H2,1-2H3,(H,20,22). The number of amides is 2. The van der Waals surface area contributed by atoms with E-state index in [1.54, 1.807) is 55.7 Å². The van der Waals surface area contributed by atoms with Crippen molar-refractivity contribution in [2.45, 2.75) is 12.8 Å². The monoisotopic (exact) mass is 327 g/mol. The third kappa shape index (κ3) is 5.39. The maximum absolute atomic E-state index is 12.1. The van der Waals surface area contributed by atoms with Gasteiger partial charge in [0.15, 0.2) is 0 Å². The number of ether oxygens (including phenoxy) is 1. The predicted octanol–water partition coefficient (Wildman–Crippen LogP) is 2.12. The summed E-state index contributed by atoms with van der Waals surface area (Å²) < 4.78 is 5.10. The summed E-state index contributed by atoms with van der Waals surface area (Å²) in [6, 6.07) is 10.8. The smallest absolute Gasteiger partial charge is 0.233 e. The number of nitrogens with zero attached hydrogens (tertiary/aromatic N) is 2. The van der Waals surface area contributed by atoms with Gasteiger partial charge in [-0.2, -0.15) is 0 Å². The summed E-state index contributed by atoms with van der Waals surface area (Å²) in [5, 5.41) is 2.70. The number of rotatable bonds is 7. The highest BCUT2D eigenvalue weighted by Gasteiger charge is 2.14. The van der Waals surface area contributed by atoms with Crippen LogP contribution in [0.1, 0.15) is 12.0 Å². The van der Waals surface area contributed by atoms with E-state index in [1.165, 1.54) is 0 Å². The van der Waals surface area contributed by atoms with Gasteiger partial charge in [-0.25, -0.2) is 0 Å². The molecule has 1 aromatic carbocycles. The quantitative estimate of drug-likeness (QED) is 0.791. The fourth-order valence-electron chi connectivity index (χ4n) is 2.15. The van der Waals surface area contributed by atoms with E-state index in [-0.39, 0.29) is 18.2 Å². The van der Waals surface area contributed by atoms with Crippen LogP contribution in [0.4, 0.5) is 5.69 Å². The molecule has 0 saturated carbocycles. The van der Waals surface area contributed by atoms with Gasteiger partial charge in [0.2, 0.25) is 11.8 Å². The van der Waals surface area contributed by atoms with E-state index in [9.17, 15) is 9.59 Å². The van der Waals surface area contributed by atoms with Crippen molar-refractivity contribution in [3.8, 4) is 5.75 Å². The molecule has 2 aromatic rings. The average molecular weight is 327 g/mol. The Bertz CT molecular complexity index is 689. The molecule has 0 atom stereocenters. The number of nitrogens with one attached hydrogen (secondary N) is 1. The van der Waals surface area contributed by atoms with Crippen molar-refractivity contribution in [1.29, 1.82) is 0 Å². The first-order valence-electron chi connectivity index (χ1n) is 7.65. The zero-order valence-corrected chi connectivity index (χ0v) is 13.9. The topological polar surface area (TPSA) is 71.5 Å². The molecule has 1 aromatic heterocycles. The van der Waals surface area contributed by atoms with Crippen LogP contribution < -0.4 is 10.1 Å². The van der Waals surface area contributed by atoms with Crippen LogP contribution in [0.15, 0.2) is 48.8 Å². The summed E-state index contributed by atoms with van der Waals surface area (Å²) in [5.41, 5.74) is 1.71. The molecule has 0 radical (unpaired) electrons. The van der Waals surface area contributed by atoms with Crippen molar-refractivity contribution in [3.05, 3.63) is 54.4 Å². The van der Waals surface area contributed by atoms with E-state index in [4.69, 9.17) is 4.74 Å². The second kappa shape index (κ2) is 8.67. The lowest BCUT2D eigenvalue weighted by Gasteiger charge is -2.17. The Balaban J connectivity index is 1.80. The number of anilines is 1. The fourth-order valence-corrected chi connectivity index (χ4v) is 2.15. The average Bonchev–Trinajstić information content (AvgIpc) is 2.60. The molecule has 1 heterocycles. The molecule has 0 fully saturated rings. The molecule has 1 N–H and O–H groups in total. The van der Waals surface area contributed by atoms with Crippen LogP contribution in [0.3, 0.4) is 0 Å². The second-order valence-electron chi connectivity index (χ2n) is 5.38. The van der Waals surface area contributed by atoms with Crippen molar-refractivity contribution >= 4 is 17.5 Å². The lowest BCUT2D eigenvalue weighted by Crippen LogP contribution is -2.32. The highest BCUT2D eigenvalue weighted by Crippen LogP contribution is 2.16. The van der Waals surface area contributed by atoms with E-state index in [0.29, 0.717) is 18.0 Å². The number of hydrogen-bond donors (Lipinski definition) is 1. The predicted molar refractivity (Wildman–Crippen MR) is 91.8 cm³/mol. The molecule has 6 nitrogen and oxygen atoms in total. The van der Waals surface area contributed by atoms with Crippen LogP contribution in [0.25, 0.3) is 0 Å². The first-order chi connectivity index (χ1) is 11.6. The van der Waals surface area contributed by atoms with Gasteiger partial charge in [0.1, 0.15) is 12.2 Å². The van der Waals surface area contributed by atoms with Crippen LogP contribution in [-0.2, 0) is 16.0 Å². The van der Waals surface area contributed by atoms with Crippen molar-refractivity contribution < 1.29 is 14.3 Å². The highest BCUT2D eigenvalue weighted by molar-refractivity contribution is 6.03. The lowest BCUT2D eigenvalue weighted by atomic mass is 10.2. The molecule has 0 saturated heterocycles. The maximum atomic E-state index is 12.1. The summed E-state index contributed by atoms with van der Waals surface area (Å²) in [6.45, 7) is 0.551. The fraction of sp³-hybridized carbons (Fsp3) is 0.278. The van der Waals surface area contributed by atoms with Crippen molar-refractivity contribution in [2.75, 3.05) is 26.0 Å². The van der Waals surface area contributed by atoms with E-state index < -0.39 is 0 Å². The third-order valence-electron chi connectivity index (χ3n) is 3.58. The SMILES string of the molecule is COc1cccc(NC(=O)CC(=O)N(C)CCc2ccncc2)c1. The van der Waals surface area contributed by atoms with Crippen molar-refractivity contribution in [3.63, 3.8) is 0 Å². The van der Waals surface area contributed by atoms with Gasteiger partial charge in [-0.15, -0.1) is 0 Å². The molecule has 0 spiro atoms. The number of aromatic nitrogens is 1. The van der Waals surface area contributed by atoms with Gasteiger partial charge in [-0.3, -0.25) is 14.6 Å². The zero-order chi connectivity index (χ0) is 17.4. The molecule has 24 heavy (non-hydrogen) atoms. The van der Waals surface area contributed by atoms with Crippen molar-refractivity contribution in [2.24, 2.45) is 0 Å². The molecule has 2 rings (SSSR count). The van der Waals surface area contributed by atoms with Crippen LogP contribution in [0.2, 0.25) is 0 Å². The van der Waals surface area contributed by atoms with Crippen LogP contribution in [0.5, 0.6) is 5.75 Å². The summed E-state index contributed by atoms with van der Waals surface area (Å²) >= 11 is 0. The van der Waals surface area contributed by atoms with Gasteiger partial charge >= 0.3 is 0 Å². The van der Waals surface area contributed by atoms with Crippen LogP contribution in [-0.4, -0.2) is 42.4 Å². The maximum Gasteiger partial charge on any atom is 0.233 e. The number of benzene rings is 1. The molecule has 6 heteroatoms. The summed E-state index contributed by atoms with van der Waals surface area (Å²) in [5.74, 6) is 0.0852. The molecule has 2 amide bonds. The first kappa shape index (κ1) is 17.5. The Morgan fingerprint density at radius 2 is 1.96 bits per heavy atom. The minimum Gasteiger partial charge on any atom is -0.497 e. The Hall–Kier alpha value is -2.89. The molecule has 0 unspecified atom stereocenters. The second-order valence-corrected chi connectivity index (χ2v) is 5.38. The minimum absolute atomic E-state index is 0.190. The van der Waals surface area contributed by atoms with Crippen LogP contribution >= 0.6 is 0 Å². The molecule has 0 aliphatic heterocycles. The number of carbonyl (C=O) groups is 2. The van der Waals surface area contributed by atoms with Crippen LogP contribution in [0, 0.1) is 0 Å². The number of hydrogen-bond acceptors (Lipinski definition) is 4. The minimum atomic E-state index is -0.344. The molecule has 0 aliphatic carbocycles. The zero-order valence-electron chi connectivity index (χ0n) is 13.9. The first-order valence-corrected chi connectivity index (χ1v) is 7.65. The molecule has 0 bridgehead atoms.